The summed E-state index contributed by atoms with van der Waals surface area (Å²) in [5, 5.41) is 2.80. The maximum atomic E-state index is 11.9. The van der Waals surface area contributed by atoms with Crippen molar-refractivity contribution in [1.82, 2.24) is 4.90 Å². The zero-order valence-electron chi connectivity index (χ0n) is 12.8. The van der Waals surface area contributed by atoms with E-state index in [-0.39, 0.29) is 24.3 Å². The summed E-state index contributed by atoms with van der Waals surface area (Å²) in [5.41, 5.74) is 7.26. The minimum absolute atomic E-state index is 0.130. The molecule has 116 valence electrons. The van der Waals surface area contributed by atoms with Crippen molar-refractivity contribution in [2.75, 3.05) is 32.6 Å². The third-order valence-electron chi connectivity index (χ3n) is 3.08. The summed E-state index contributed by atoms with van der Waals surface area (Å²) in [7, 11) is 3.15. The molecule has 0 saturated heterocycles. The largest absolute Gasteiger partial charge is 0.469 e. The summed E-state index contributed by atoms with van der Waals surface area (Å²) in [4.78, 5) is 25.0. The molecule has 1 unspecified atom stereocenters. The number of hydrogen-bond donors (Lipinski definition) is 2. The van der Waals surface area contributed by atoms with E-state index in [4.69, 9.17) is 5.73 Å². The zero-order chi connectivity index (χ0) is 15.8. The van der Waals surface area contributed by atoms with Gasteiger partial charge in [-0.2, -0.15) is 0 Å². The van der Waals surface area contributed by atoms with Crippen molar-refractivity contribution in [2.24, 2.45) is 11.7 Å². The highest BCUT2D eigenvalue weighted by molar-refractivity contribution is 5.92. The molecule has 0 radical (unpaired) electrons. The molecule has 0 aliphatic carbocycles. The number of carbonyl (C=O) groups excluding carboxylic acids is 2. The van der Waals surface area contributed by atoms with Crippen LogP contribution in [0.1, 0.15) is 12.5 Å². The number of anilines is 1. The summed E-state index contributed by atoms with van der Waals surface area (Å²) in [6.07, 6.45) is 0. The van der Waals surface area contributed by atoms with E-state index in [1.54, 1.807) is 18.9 Å². The second-order valence-electron chi connectivity index (χ2n) is 5.07. The molecule has 6 nitrogen and oxygen atoms in total. The number of carbonyl (C=O) groups is 2. The van der Waals surface area contributed by atoms with Crippen molar-refractivity contribution in [2.45, 2.75) is 13.5 Å². The van der Waals surface area contributed by atoms with Gasteiger partial charge in [0.05, 0.1) is 19.6 Å². The van der Waals surface area contributed by atoms with Crippen molar-refractivity contribution in [3.63, 3.8) is 0 Å². The molecule has 0 spiro atoms. The minimum atomic E-state index is -0.278. The number of hydrogen-bond acceptors (Lipinski definition) is 5. The lowest BCUT2D eigenvalue weighted by atomic mass is 10.2. The van der Waals surface area contributed by atoms with Crippen molar-refractivity contribution in [3.05, 3.63) is 29.8 Å². The third kappa shape index (κ3) is 5.93. The molecule has 0 aromatic heterocycles. The number of ether oxygens (including phenoxy) is 1. The van der Waals surface area contributed by atoms with E-state index in [1.807, 2.05) is 24.3 Å². The molecule has 1 rings (SSSR count). The third-order valence-corrected chi connectivity index (χ3v) is 3.08. The Morgan fingerprint density at radius 2 is 1.95 bits per heavy atom. The van der Waals surface area contributed by atoms with Gasteiger partial charge in [0.1, 0.15) is 0 Å². The van der Waals surface area contributed by atoms with Gasteiger partial charge in [0.15, 0.2) is 0 Å². The summed E-state index contributed by atoms with van der Waals surface area (Å²) in [6, 6.07) is 7.38. The van der Waals surface area contributed by atoms with Gasteiger partial charge in [-0.3, -0.25) is 14.5 Å². The molecule has 0 fully saturated rings. The Bertz CT molecular complexity index is 474. The van der Waals surface area contributed by atoms with E-state index in [0.29, 0.717) is 13.1 Å². The first-order chi connectivity index (χ1) is 9.96. The molecule has 0 heterocycles. The first-order valence-electron chi connectivity index (χ1n) is 6.81. The molecule has 0 aliphatic rings. The normalized spacial score (nSPS) is 12.0. The molecule has 6 heteroatoms. The molecule has 0 bridgehead atoms. The molecule has 21 heavy (non-hydrogen) atoms. The smallest absolute Gasteiger partial charge is 0.309 e. The molecule has 1 amide bonds. The number of methoxy groups -OCH3 is 1. The van der Waals surface area contributed by atoms with Gasteiger partial charge in [0.25, 0.3) is 0 Å². The Balaban J connectivity index is 2.43. The highest BCUT2D eigenvalue weighted by atomic mass is 16.5. The Labute approximate surface area is 125 Å². The number of rotatable bonds is 7. The van der Waals surface area contributed by atoms with E-state index < -0.39 is 0 Å². The maximum absolute atomic E-state index is 11.9. The van der Waals surface area contributed by atoms with Gasteiger partial charge >= 0.3 is 5.97 Å². The monoisotopic (exact) mass is 293 g/mol. The number of nitrogens with one attached hydrogen (secondary N) is 1. The number of benzene rings is 1. The highest BCUT2D eigenvalue weighted by Gasteiger charge is 2.16. The second kappa shape index (κ2) is 8.39. The van der Waals surface area contributed by atoms with E-state index in [2.05, 4.69) is 10.1 Å². The van der Waals surface area contributed by atoms with Crippen LogP contribution in [0.2, 0.25) is 0 Å². The van der Waals surface area contributed by atoms with Crippen LogP contribution in [0.3, 0.4) is 0 Å². The lowest BCUT2D eigenvalue weighted by molar-refractivity contribution is -0.145. The highest BCUT2D eigenvalue weighted by Crippen LogP contribution is 2.09. The van der Waals surface area contributed by atoms with Gasteiger partial charge in [-0.05, 0) is 24.7 Å². The van der Waals surface area contributed by atoms with Crippen molar-refractivity contribution >= 4 is 17.6 Å². The van der Waals surface area contributed by atoms with Crippen LogP contribution >= 0.6 is 0 Å². The summed E-state index contributed by atoms with van der Waals surface area (Å²) >= 11 is 0. The van der Waals surface area contributed by atoms with Crippen LogP contribution in [0.25, 0.3) is 0 Å². The molecular weight excluding hydrogens is 270 g/mol. The molecule has 3 N–H and O–H groups in total. The van der Waals surface area contributed by atoms with Gasteiger partial charge in [-0.25, -0.2) is 0 Å². The van der Waals surface area contributed by atoms with E-state index in [9.17, 15) is 9.59 Å². The van der Waals surface area contributed by atoms with Crippen LogP contribution in [0.5, 0.6) is 0 Å². The molecule has 1 atom stereocenters. The number of likely N-dealkylation sites (N-methyl/N-ethyl adjacent to an activating group) is 1. The van der Waals surface area contributed by atoms with E-state index in [0.717, 1.165) is 11.3 Å². The fourth-order valence-corrected chi connectivity index (χ4v) is 1.98. The lowest BCUT2D eigenvalue weighted by Crippen LogP contribution is -2.35. The van der Waals surface area contributed by atoms with Crippen molar-refractivity contribution < 1.29 is 14.3 Å². The average Bonchev–Trinajstić information content (AvgIpc) is 2.46. The molecule has 0 saturated carbocycles. The summed E-state index contributed by atoms with van der Waals surface area (Å²) < 4.78 is 4.66. The van der Waals surface area contributed by atoms with Gasteiger partial charge in [-0.15, -0.1) is 0 Å². The standard InChI is InChI=1S/C15H23N3O3/c1-11(15(20)21-3)9-18(2)10-14(19)17-13-6-4-12(8-16)5-7-13/h4-7,11H,8-10,16H2,1-3H3,(H,17,19). The van der Waals surface area contributed by atoms with Gasteiger partial charge in [0.2, 0.25) is 5.91 Å². The minimum Gasteiger partial charge on any atom is -0.469 e. The SMILES string of the molecule is COC(=O)C(C)CN(C)CC(=O)Nc1ccc(CN)cc1. The number of nitrogens with two attached hydrogens (primary N) is 1. The van der Waals surface area contributed by atoms with Crippen LogP contribution in [-0.4, -0.2) is 44.0 Å². The fourth-order valence-electron chi connectivity index (χ4n) is 1.98. The van der Waals surface area contributed by atoms with Crippen LogP contribution in [-0.2, 0) is 20.9 Å². The summed E-state index contributed by atoms with van der Waals surface area (Å²) in [5.74, 6) is -0.675. The average molecular weight is 293 g/mol. The number of nitrogens with zero attached hydrogens (tertiary/aromatic N) is 1. The molecule has 0 aliphatic heterocycles. The van der Waals surface area contributed by atoms with Gasteiger partial charge in [-0.1, -0.05) is 19.1 Å². The topological polar surface area (TPSA) is 84.7 Å². The van der Waals surface area contributed by atoms with Crippen molar-refractivity contribution in [1.29, 1.82) is 0 Å². The fraction of sp³-hybridized carbons (Fsp3) is 0.467. The maximum Gasteiger partial charge on any atom is 0.309 e. The van der Waals surface area contributed by atoms with Crippen LogP contribution in [0, 0.1) is 5.92 Å². The van der Waals surface area contributed by atoms with Crippen molar-refractivity contribution in [3.8, 4) is 0 Å². The number of amides is 1. The molecular formula is C15H23N3O3. The van der Waals surface area contributed by atoms with Gasteiger partial charge in [0, 0.05) is 18.8 Å². The Morgan fingerprint density at radius 1 is 1.33 bits per heavy atom. The van der Waals surface area contributed by atoms with Crippen LogP contribution in [0.15, 0.2) is 24.3 Å². The lowest BCUT2D eigenvalue weighted by Gasteiger charge is -2.19. The Morgan fingerprint density at radius 3 is 2.48 bits per heavy atom. The zero-order valence-corrected chi connectivity index (χ0v) is 12.8. The van der Waals surface area contributed by atoms with E-state index >= 15 is 0 Å². The second-order valence-corrected chi connectivity index (χ2v) is 5.07. The quantitative estimate of drug-likeness (QED) is 0.727. The Hall–Kier alpha value is -1.92. The first kappa shape index (κ1) is 17.1. The molecule has 1 aromatic rings. The van der Waals surface area contributed by atoms with Crippen LogP contribution in [0.4, 0.5) is 5.69 Å². The van der Waals surface area contributed by atoms with Crippen LogP contribution < -0.4 is 11.1 Å². The first-order valence-corrected chi connectivity index (χ1v) is 6.81. The predicted octanol–water partition coefficient (Wildman–Crippen LogP) is 0.825. The summed E-state index contributed by atoms with van der Waals surface area (Å²) in [6.45, 7) is 2.92. The van der Waals surface area contributed by atoms with Gasteiger partial charge < -0.3 is 15.8 Å². The molecule has 1 aromatic carbocycles. The Kier molecular flexibility index (Phi) is 6.84. The van der Waals surface area contributed by atoms with E-state index in [1.165, 1.54) is 7.11 Å². The predicted molar refractivity (Wildman–Crippen MR) is 81.6 cm³/mol. The number of esters is 1.